The van der Waals surface area contributed by atoms with Crippen molar-refractivity contribution in [2.24, 2.45) is 5.92 Å². The minimum atomic E-state index is -0.996. The van der Waals surface area contributed by atoms with E-state index in [4.69, 9.17) is 4.74 Å². The molecule has 0 radical (unpaired) electrons. The van der Waals surface area contributed by atoms with Gasteiger partial charge in [-0.25, -0.2) is 4.79 Å². The van der Waals surface area contributed by atoms with Gasteiger partial charge in [-0.1, -0.05) is 13.8 Å². The molecule has 22 heavy (non-hydrogen) atoms. The number of nitrogens with zero attached hydrogens (tertiary/aromatic N) is 2. The summed E-state index contributed by atoms with van der Waals surface area (Å²) < 4.78 is 7.14. The largest absolute Gasteiger partial charge is 0.477 e. The van der Waals surface area contributed by atoms with Crippen LogP contribution in [0, 0.1) is 5.92 Å². The zero-order valence-corrected chi connectivity index (χ0v) is 13.0. The lowest BCUT2D eigenvalue weighted by Crippen LogP contribution is -2.39. The second-order valence-corrected chi connectivity index (χ2v) is 6.35. The first kappa shape index (κ1) is 15.1. The van der Waals surface area contributed by atoms with E-state index in [1.807, 2.05) is 4.90 Å². The number of carbonyl (C=O) groups is 2. The van der Waals surface area contributed by atoms with Crippen LogP contribution in [0.3, 0.4) is 0 Å². The summed E-state index contributed by atoms with van der Waals surface area (Å²) in [6.07, 6.45) is 2.02. The first-order valence-corrected chi connectivity index (χ1v) is 7.85. The monoisotopic (exact) mass is 306 g/mol. The van der Waals surface area contributed by atoms with E-state index < -0.39 is 5.97 Å². The number of carboxylic acids is 1. The SMILES string of the molecule is CC(C)[C@H]1CCCN1C(=O)c1cc(C(=O)O)n2c1COCC2. The van der Waals surface area contributed by atoms with E-state index in [0.717, 1.165) is 19.4 Å². The number of hydrogen-bond donors (Lipinski definition) is 1. The van der Waals surface area contributed by atoms with Crippen LogP contribution in [0.1, 0.15) is 53.2 Å². The van der Waals surface area contributed by atoms with E-state index in [1.54, 1.807) is 4.57 Å². The van der Waals surface area contributed by atoms with Crippen LogP contribution in [-0.2, 0) is 17.9 Å². The van der Waals surface area contributed by atoms with Crippen LogP contribution in [0.25, 0.3) is 0 Å². The number of rotatable bonds is 3. The molecule has 0 unspecified atom stereocenters. The zero-order chi connectivity index (χ0) is 15.9. The van der Waals surface area contributed by atoms with E-state index >= 15 is 0 Å². The molecule has 6 heteroatoms. The minimum absolute atomic E-state index is 0.0575. The Morgan fingerprint density at radius 1 is 1.36 bits per heavy atom. The van der Waals surface area contributed by atoms with Crippen molar-refractivity contribution >= 4 is 11.9 Å². The third kappa shape index (κ3) is 2.41. The van der Waals surface area contributed by atoms with Gasteiger partial charge in [0, 0.05) is 19.1 Å². The Balaban J connectivity index is 1.97. The summed E-state index contributed by atoms with van der Waals surface area (Å²) in [4.78, 5) is 26.3. The molecule has 2 aliphatic rings. The number of likely N-dealkylation sites (tertiary alicyclic amines) is 1. The van der Waals surface area contributed by atoms with Crippen LogP contribution in [0.15, 0.2) is 6.07 Å². The predicted octanol–water partition coefficient (Wildman–Crippen LogP) is 1.98. The van der Waals surface area contributed by atoms with Gasteiger partial charge in [0.25, 0.3) is 5.91 Å². The summed E-state index contributed by atoms with van der Waals surface area (Å²) in [6, 6.07) is 1.76. The van der Waals surface area contributed by atoms with Crippen LogP contribution in [0.5, 0.6) is 0 Å². The minimum Gasteiger partial charge on any atom is -0.477 e. The Morgan fingerprint density at radius 2 is 2.14 bits per heavy atom. The number of carboxylic acid groups (broad SMARTS) is 1. The Morgan fingerprint density at radius 3 is 2.82 bits per heavy atom. The second-order valence-electron chi connectivity index (χ2n) is 6.35. The summed E-state index contributed by atoms with van der Waals surface area (Å²) in [5.74, 6) is -0.651. The van der Waals surface area contributed by atoms with Gasteiger partial charge in [0.05, 0.1) is 24.5 Å². The normalized spacial score (nSPS) is 21.2. The number of amides is 1. The van der Waals surface area contributed by atoms with Crippen LogP contribution in [0.2, 0.25) is 0 Å². The second kappa shape index (κ2) is 5.76. The standard InChI is InChI=1S/C16H22N2O4/c1-10(2)12-4-3-5-18(12)15(19)11-8-13(16(20)21)17-6-7-22-9-14(11)17/h8,10,12H,3-7,9H2,1-2H3,(H,20,21)/t12-/m1/s1. The van der Waals surface area contributed by atoms with Crippen molar-refractivity contribution in [3.63, 3.8) is 0 Å². The van der Waals surface area contributed by atoms with Crippen molar-refractivity contribution in [3.05, 3.63) is 23.0 Å². The lowest BCUT2D eigenvalue weighted by atomic mass is 10.0. The van der Waals surface area contributed by atoms with E-state index in [2.05, 4.69) is 13.8 Å². The molecule has 0 saturated carbocycles. The quantitative estimate of drug-likeness (QED) is 0.927. The molecule has 0 aliphatic carbocycles. The smallest absolute Gasteiger partial charge is 0.352 e. The topological polar surface area (TPSA) is 71.8 Å². The van der Waals surface area contributed by atoms with Crippen molar-refractivity contribution < 1.29 is 19.4 Å². The van der Waals surface area contributed by atoms with Crippen molar-refractivity contribution in [2.75, 3.05) is 13.2 Å². The van der Waals surface area contributed by atoms with E-state index in [9.17, 15) is 14.7 Å². The Bertz CT molecular complexity index is 606. The molecule has 3 rings (SSSR count). The molecule has 1 fully saturated rings. The third-order valence-corrected chi connectivity index (χ3v) is 4.69. The number of carbonyl (C=O) groups excluding carboxylic acids is 1. The average Bonchev–Trinajstić information content (AvgIpc) is 3.11. The highest BCUT2D eigenvalue weighted by Crippen LogP contribution is 2.29. The van der Waals surface area contributed by atoms with Gasteiger partial charge in [-0.2, -0.15) is 0 Å². The molecule has 0 bridgehead atoms. The molecule has 1 amide bonds. The fraction of sp³-hybridized carbons (Fsp3) is 0.625. The Kier molecular flexibility index (Phi) is 3.95. The predicted molar refractivity (Wildman–Crippen MR) is 79.9 cm³/mol. The first-order chi connectivity index (χ1) is 10.5. The molecule has 1 atom stereocenters. The van der Waals surface area contributed by atoms with E-state index in [1.165, 1.54) is 6.07 Å². The summed E-state index contributed by atoms with van der Waals surface area (Å²) in [5.41, 5.74) is 1.37. The molecule has 6 nitrogen and oxygen atoms in total. The fourth-order valence-corrected chi connectivity index (χ4v) is 3.58. The molecule has 1 aromatic rings. The lowest BCUT2D eigenvalue weighted by molar-refractivity contribution is 0.0624. The van der Waals surface area contributed by atoms with Crippen LogP contribution in [-0.4, -0.2) is 45.6 Å². The Labute approximate surface area is 129 Å². The van der Waals surface area contributed by atoms with Gasteiger partial charge in [-0.05, 0) is 24.8 Å². The highest BCUT2D eigenvalue weighted by molar-refractivity contribution is 5.99. The van der Waals surface area contributed by atoms with Gasteiger partial charge in [-0.15, -0.1) is 0 Å². The third-order valence-electron chi connectivity index (χ3n) is 4.69. The van der Waals surface area contributed by atoms with Gasteiger partial charge in [-0.3, -0.25) is 4.79 Å². The van der Waals surface area contributed by atoms with Gasteiger partial charge in [0.2, 0.25) is 0 Å². The number of ether oxygens (including phenoxy) is 1. The molecule has 3 heterocycles. The van der Waals surface area contributed by atoms with Gasteiger partial charge in [0.1, 0.15) is 5.69 Å². The molecule has 120 valence electrons. The summed E-state index contributed by atoms with van der Waals surface area (Å²) in [5, 5.41) is 9.35. The molecule has 0 aromatic carbocycles. The van der Waals surface area contributed by atoms with Gasteiger partial charge < -0.3 is 19.3 Å². The lowest BCUT2D eigenvalue weighted by Gasteiger charge is -2.28. The van der Waals surface area contributed by atoms with Crippen molar-refractivity contribution in [2.45, 2.75) is 45.9 Å². The number of aromatic carboxylic acids is 1. The Hall–Kier alpha value is -1.82. The average molecular weight is 306 g/mol. The summed E-state index contributed by atoms with van der Waals surface area (Å²) in [7, 11) is 0. The van der Waals surface area contributed by atoms with Crippen molar-refractivity contribution in [1.29, 1.82) is 0 Å². The maximum atomic E-state index is 12.9. The first-order valence-electron chi connectivity index (χ1n) is 7.85. The number of hydrogen-bond acceptors (Lipinski definition) is 3. The van der Waals surface area contributed by atoms with Crippen LogP contribution < -0.4 is 0 Å². The number of aromatic nitrogens is 1. The maximum Gasteiger partial charge on any atom is 0.352 e. The van der Waals surface area contributed by atoms with Gasteiger partial charge in [0.15, 0.2) is 0 Å². The van der Waals surface area contributed by atoms with Crippen molar-refractivity contribution in [3.8, 4) is 0 Å². The number of fused-ring (bicyclic) bond motifs is 1. The highest BCUT2D eigenvalue weighted by Gasteiger charge is 2.34. The molecule has 1 N–H and O–H groups in total. The molecule has 2 aliphatic heterocycles. The van der Waals surface area contributed by atoms with E-state index in [0.29, 0.717) is 36.9 Å². The van der Waals surface area contributed by atoms with Gasteiger partial charge >= 0.3 is 5.97 Å². The molecular weight excluding hydrogens is 284 g/mol. The van der Waals surface area contributed by atoms with E-state index in [-0.39, 0.29) is 17.6 Å². The van der Waals surface area contributed by atoms with Crippen LogP contribution in [0.4, 0.5) is 0 Å². The maximum absolute atomic E-state index is 12.9. The molecule has 1 aromatic heterocycles. The van der Waals surface area contributed by atoms with Crippen LogP contribution >= 0.6 is 0 Å². The zero-order valence-electron chi connectivity index (χ0n) is 13.0. The molecule has 0 spiro atoms. The van der Waals surface area contributed by atoms with Crippen molar-refractivity contribution in [1.82, 2.24) is 9.47 Å². The molecule has 1 saturated heterocycles. The molecular formula is C16H22N2O4. The highest BCUT2D eigenvalue weighted by atomic mass is 16.5. The summed E-state index contributed by atoms with van der Waals surface area (Å²) >= 11 is 0. The summed E-state index contributed by atoms with van der Waals surface area (Å²) in [6.45, 7) is 6.25. The fourth-order valence-electron chi connectivity index (χ4n) is 3.58.